The van der Waals surface area contributed by atoms with Crippen LogP contribution in [-0.2, 0) is 11.4 Å². The molecule has 2 aromatic heterocycles. The molecule has 1 aromatic carbocycles. The van der Waals surface area contributed by atoms with Gasteiger partial charge in [-0.15, -0.1) is 15.6 Å². The van der Waals surface area contributed by atoms with Gasteiger partial charge in [-0.25, -0.2) is 0 Å². The second-order valence-electron chi connectivity index (χ2n) is 7.23. The predicted molar refractivity (Wildman–Crippen MR) is 118 cm³/mol. The first-order chi connectivity index (χ1) is 14.0. The van der Waals surface area contributed by atoms with Crippen LogP contribution in [0, 0.1) is 0 Å². The number of hydrogen-bond donors (Lipinski definition) is 2. The van der Waals surface area contributed by atoms with Gasteiger partial charge in [0.15, 0.2) is 6.29 Å². The van der Waals surface area contributed by atoms with Crippen LogP contribution in [-0.4, -0.2) is 44.9 Å². The van der Waals surface area contributed by atoms with Gasteiger partial charge in [0.1, 0.15) is 5.75 Å². The van der Waals surface area contributed by atoms with E-state index in [0.29, 0.717) is 22.8 Å². The number of nitrogens with one attached hydrogen (secondary N) is 1. The van der Waals surface area contributed by atoms with Gasteiger partial charge >= 0.3 is 0 Å². The minimum atomic E-state index is -0.902. The van der Waals surface area contributed by atoms with Crippen molar-refractivity contribution in [3.05, 3.63) is 46.5 Å². The van der Waals surface area contributed by atoms with E-state index in [2.05, 4.69) is 11.1 Å². The van der Waals surface area contributed by atoms with E-state index in [-0.39, 0.29) is 0 Å². The highest BCUT2D eigenvalue weighted by Gasteiger charge is 2.28. The minimum absolute atomic E-state index is 0.332. The van der Waals surface area contributed by atoms with E-state index in [1.807, 2.05) is 23.5 Å². The fourth-order valence-electron chi connectivity index (χ4n) is 4.04. The van der Waals surface area contributed by atoms with E-state index in [1.54, 1.807) is 11.4 Å². The van der Waals surface area contributed by atoms with Gasteiger partial charge in [-0.1, -0.05) is 0 Å². The van der Waals surface area contributed by atoms with E-state index in [1.165, 1.54) is 16.9 Å². The molecule has 0 radical (unpaired) electrons. The van der Waals surface area contributed by atoms with E-state index in [0.717, 1.165) is 53.6 Å². The van der Waals surface area contributed by atoms with Crippen molar-refractivity contribution in [1.82, 2.24) is 9.29 Å². The lowest BCUT2D eigenvalue weighted by Crippen LogP contribution is -2.38. The lowest BCUT2D eigenvalue weighted by atomic mass is 9.89. The van der Waals surface area contributed by atoms with Crippen LogP contribution in [0.5, 0.6) is 0 Å². The molecule has 1 aliphatic heterocycles. The summed E-state index contributed by atoms with van der Waals surface area (Å²) in [6.45, 7) is 3.54. The van der Waals surface area contributed by atoms with Crippen molar-refractivity contribution in [3.63, 3.8) is 0 Å². The summed E-state index contributed by atoms with van der Waals surface area (Å²) in [6.07, 6.45) is 4.64. The number of fused-ring (bicyclic) bond motifs is 1. The fraction of sp³-hybridized carbons (Fsp3) is 0.333. The zero-order valence-electron chi connectivity index (χ0n) is 16.1. The van der Waals surface area contributed by atoms with Crippen LogP contribution in [0.2, 0.25) is 0 Å². The topological polar surface area (TPSA) is 102 Å². The molecule has 1 aliphatic rings. The first-order valence-electron chi connectivity index (χ1n) is 9.64. The van der Waals surface area contributed by atoms with Crippen molar-refractivity contribution in [2.75, 3.05) is 18.8 Å². The number of primary amides is 1. The number of thiophene rings is 1. The smallest absolute Gasteiger partial charge is 0.250 e. The van der Waals surface area contributed by atoms with Crippen LogP contribution >= 0.6 is 11.3 Å². The van der Waals surface area contributed by atoms with Gasteiger partial charge in [-0.3, -0.25) is 9.59 Å². The predicted octanol–water partition coefficient (Wildman–Crippen LogP) is 3.67. The molecule has 6 nitrogen and oxygen atoms in total. The summed E-state index contributed by atoms with van der Waals surface area (Å²) in [4.78, 5) is 27.3. The molecular weight excluding hydrogens is 406 g/mol. The molecule has 0 bridgehead atoms. The molecule has 0 saturated carbocycles. The van der Waals surface area contributed by atoms with Crippen molar-refractivity contribution in [1.29, 1.82) is 0 Å². The molecule has 29 heavy (non-hydrogen) atoms. The van der Waals surface area contributed by atoms with Gasteiger partial charge in [-0.2, -0.15) is 0 Å². The molecule has 1 saturated heterocycles. The number of carbonyl (C=O) groups is 2. The Balaban J connectivity index is 1.72. The fourth-order valence-corrected chi connectivity index (χ4v) is 5.87. The summed E-state index contributed by atoms with van der Waals surface area (Å²) in [5.74, 6) is 0.497. The summed E-state index contributed by atoms with van der Waals surface area (Å²) >= 11 is 0.570. The largest absolute Gasteiger partial charge is 0.598 e. The Kier molecular flexibility index (Phi) is 5.78. The molecule has 3 heterocycles. The lowest BCUT2D eigenvalue weighted by Gasteiger charge is -2.31. The number of rotatable bonds is 6. The monoisotopic (exact) mass is 429 g/mol. The van der Waals surface area contributed by atoms with Crippen LogP contribution in [0.1, 0.15) is 52.0 Å². The number of aromatic amines is 1. The van der Waals surface area contributed by atoms with Crippen LogP contribution in [0.25, 0.3) is 21.3 Å². The van der Waals surface area contributed by atoms with Crippen molar-refractivity contribution >= 4 is 45.8 Å². The minimum Gasteiger partial charge on any atom is -0.598 e. The first-order valence-corrected chi connectivity index (χ1v) is 11.8. The standard InChI is InChI=1S/C21H23N3O3S2/c1-2-29(27)24-5-3-14(4-6-24)18-10-23-20-16(18)8-15(9-17(20)21(22)26)19-7-13(11-25)12-28-19/h7-12,14,23H,2-6H2,1H3,(H2,22,26). The first kappa shape index (κ1) is 20.2. The van der Waals surface area contributed by atoms with Crippen LogP contribution in [0.3, 0.4) is 0 Å². The number of piperidine rings is 1. The van der Waals surface area contributed by atoms with E-state index in [4.69, 9.17) is 5.73 Å². The van der Waals surface area contributed by atoms with E-state index >= 15 is 0 Å². The summed E-state index contributed by atoms with van der Waals surface area (Å²) in [5, 5.41) is 2.80. The number of hydrogen-bond acceptors (Lipinski definition) is 5. The number of H-pyrrole nitrogens is 1. The van der Waals surface area contributed by atoms with Gasteiger partial charge in [0.05, 0.1) is 11.1 Å². The number of benzene rings is 1. The average Bonchev–Trinajstić information content (AvgIpc) is 3.39. The average molecular weight is 430 g/mol. The normalized spacial score (nSPS) is 16.9. The second-order valence-corrected chi connectivity index (χ2v) is 9.88. The van der Waals surface area contributed by atoms with E-state index < -0.39 is 17.3 Å². The summed E-state index contributed by atoms with van der Waals surface area (Å²) in [5.41, 5.74) is 9.54. The third-order valence-electron chi connectivity index (χ3n) is 5.56. The SMILES string of the molecule is CC[S+]([O-])N1CCC(c2c[nH]c3c(C(N)=O)cc(-c4cc(C=O)cs4)cc23)CC1. The summed E-state index contributed by atoms with van der Waals surface area (Å²) in [6, 6.07) is 5.69. The maximum Gasteiger partial charge on any atom is 0.250 e. The molecule has 3 N–H and O–H groups in total. The number of carbonyl (C=O) groups excluding carboxylic acids is 2. The molecule has 1 atom stereocenters. The number of amides is 1. The maximum absolute atomic E-state index is 12.1. The van der Waals surface area contributed by atoms with Crippen molar-refractivity contribution < 1.29 is 14.1 Å². The zero-order chi connectivity index (χ0) is 20.5. The Labute approximate surface area is 176 Å². The molecule has 0 spiro atoms. The Morgan fingerprint density at radius 3 is 2.76 bits per heavy atom. The molecule has 3 aromatic rings. The van der Waals surface area contributed by atoms with Crippen LogP contribution in [0.4, 0.5) is 0 Å². The molecular formula is C21H23N3O3S2. The van der Waals surface area contributed by atoms with Gasteiger partial charge in [0.25, 0.3) is 5.91 Å². The van der Waals surface area contributed by atoms with E-state index in [9.17, 15) is 14.1 Å². The van der Waals surface area contributed by atoms with Crippen molar-refractivity contribution in [3.8, 4) is 10.4 Å². The van der Waals surface area contributed by atoms with Crippen LogP contribution < -0.4 is 5.73 Å². The highest BCUT2D eigenvalue weighted by molar-refractivity contribution is 7.89. The summed E-state index contributed by atoms with van der Waals surface area (Å²) < 4.78 is 14.1. The Bertz CT molecular complexity index is 1050. The number of aromatic nitrogens is 1. The highest BCUT2D eigenvalue weighted by Crippen LogP contribution is 2.38. The maximum atomic E-state index is 12.1. The summed E-state index contributed by atoms with van der Waals surface area (Å²) in [7, 11) is 0. The molecule has 1 fully saturated rings. The Morgan fingerprint density at radius 2 is 2.14 bits per heavy atom. The zero-order valence-corrected chi connectivity index (χ0v) is 17.8. The van der Waals surface area contributed by atoms with Crippen molar-refractivity contribution in [2.45, 2.75) is 25.7 Å². The molecule has 0 aliphatic carbocycles. The molecule has 1 unspecified atom stereocenters. The molecule has 1 amide bonds. The number of nitrogens with two attached hydrogens (primary N) is 1. The second kappa shape index (κ2) is 8.31. The molecule has 152 valence electrons. The number of aldehydes is 1. The molecule has 4 rings (SSSR count). The highest BCUT2D eigenvalue weighted by atomic mass is 32.2. The third-order valence-corrected chi connectivity index (χ3v) is 7.99. The Morgan fingerprint density at radius 1 is 1.38 bits per heavy atom. The molecule has 8 heteroatoms. The quantitative estimate of drug-likeness (QED) is 0.461. The van der Waals surface area contributed by atoms with Crippen molar-refractivity contribution in [2.24, 2.45) is 5.73 Å². The third kappa shape index (κ3) is 3.85. The van der Waals surface area contributed by atoms with Gasteiger partial charge in [-0.05, 0) is 55.0 Å². The Hall–Kier alpha value is -2.13. The van der Waals surface area contributed by atoms with Gasteiger partial charge in [0.2, 0.25) is 0 Å². The van der Waals surface area contributed by atoms with Gasteiger partial charge in [0, 0.05) is 51.9 Å². The lowest BCUT2D eigenvalue weighted by molar-refractivity contribution is 0.100. The van der Waals surface area contributed by atoms with Crippen LogP contribution in [0.15, 0.2) is 29.8 Å². The van der Waals surface area contributed by atoms with Gasteiger partial charge < -0.3 is 15.3 Å². The number of nitrogens with zero attached hydrogens (tertiary/aromatic N) is 1.